The van der Waals surface area contributed by atoms with Gasteiger partial charge in [0.25, 0.3) is 0 Å². The zero-order chi connectivity index (χ0) is 20.0. The van der Waals surface area contributed by atoms with Crippen LogP contribution in [0.1, 0.15) is 11.5 Å². The molecule has 1 aromatic carbocycles. The Labute approximate surface area is 157 Å². The Morgan fingerprint density at radius 1 is 0.852 bits per heavy atom. The van der Waals surface area contributed by atoms with Gasteiger partial charge in [-0.1, -0.05) is 30.3 Å². The number of esters is 2. The average molecular weight is 377 g/mol. The highest BCUT2D eigenvalue weighted by Crippen LogP contribution is 2.43. The first-order valence-corrected chi connectivity index (χ1v) is 8.09. The third-order valence-corrected chi connectivity index (χ3v) is 4.12. The Bertz CT molecular complexity index is 713. The smallest absolute Gasteiger partial charge is 0.340 e. The van der Waals surface area contributed by atoms with E-state index in [-0.39, 0.29) is 29.6 Å². The average Bonchev–Trinajstić information content (AvgIpc) is 2.72. The SMILES string of the molecule is COCN1C(OC)=C(C(=O)OC)C(c2ccccc2)C(C(=O)OC)=C1OC. The fourth-order valence-electron chi connectivity index (χ4n) is 3.07. The van der Waals surface area contributed by atoms with Gasteiger partial charge in [-0.25, -0.2) is 9.59 Å². The van der Waals surface area contributed by atoms with Crippen LogP contribution in [0.2, 0.25) is 0 Å². The van der Waals surface area contributed by atoms with Crippen molar-refractivity contribution in [1.29, 1.82) is 0 Å². The van der Waals surface area contributed by atoms with Gasteiger partial charge in [-0.3, -0.25) is 4.90 Å². The van der Waals surface area contributed by atoms with Crippen LogP contribution in [0.15, 0.2) is 53.2 Å². The molecule has 2 rings (SSSR count). The van der Waals surface area contributed by atoms with Crippen LogP contribution in [0, 0.1) is 0 Å². The van der Waals surface area contributed by atoms with Crippen LogP contribution in [-0.4, -0.2) is 59.1 Å². The van der Waals surface area contributed by atoms with E-state index in [1.165, 1.54) is 40.4 Å². The Hall–Kier alpha value is -3.00. The number of rotatable bonds is 7. The van der Waals surface area contributed by atoms with Crippen molar-refractivity contribution in [3.63, 3.8) is 0 Å². The van der Waals surface area contributed by atoms with E-state index in [1.54, 1.807) is 24.3 Å². The molecule has 0 aliphatic carbocycles. The molecule has 0 radical (unpaired) electrons. The van der Waals surface area contributed by atoms with Crippen molar-refractivity contribution in [3.05, 3.63) is 58.8 Å². The molecule has 8 nitrogen and oxygen atoms in total. The molecular weight excluding hydrogens is 354 g/mol. The maximum Gasteiger partial charge on any atom is 0.340 e. The van der Waals surface area contributed by atoms with Gasteiger partial charge >= 0.3 is 11.9 Å². The highest BCUT2D eigenvalue weighted by molar-refractivity contribution is 5.99. The maximum atomic E-state index is 12.7. The van der Waals surface area contributed by atoms with Crippen LogP contribution >= 0.6 is 0 Å². The standard InChI is InChI=1S/C19H23NO7/c1-23-11-20-16(24-2)14(18(21)26-4)13(12-9-7-6-8-10-12)15(17(20)25-3)19(22)27-5/h6-10,13H,11H2,1-5H3. The number of hydrogen-bond donors (Lipinski definition) is 0. The van der Waals surface area contributed by atoms with E-state index in [2.05, 4.69) is 0 Å². The largest absolute Gasteiger partial charge is 0.482 e. The Morgan fingerprint density at radius 3 is 1.70 bits per heavy atom. The molecule has 0 N–H and O–H groups in total. The van der Waals surface area contributed by atoms with E-state index in [0.29, 0.717) is 5.56 Å². The number of methoxy groups -OCH3 is 5. The molecule has 0 fully saturated rings. The highest BCUT2D eigenvalue weighted by Gasteiger charge is 2.44. The summed E-state index contributed by atoms with van der Waals surface area (Å²) >= 11 is 0. The van der Waals surface area contributed by atoms with Gasteiger partial charge in [-0.2, -0.15) is 0 Å². The summed E-state index contributed by atoms with van der Waals surface area (Å²) in [5, 5.41) is 0. The van der Waals surface area contributed by atoms with Crippen molar-refractivity contribution >= 4 is 11.9 Å². The van der Waals surface area contributed by atoms with Crippen molar-refractivity contribution in [3.8, 4) is 0 Å². The minimum absolute atomic E-state index is 0.0190. The second-order valence-corrected chi connectivity index (χ2v) is 5.52. The van der Waals surface area contributed by atoms with Crippen molar-refractivity contribution in [1.82, 2.24) is 4.90 Å². The Kier molecular flexibility index (Phi) is 6.84. The molecule has 1 aliphatic rings. The van der Waals surface area contributed by atoms with E-state index in [9.17, 15) is 9.59 Å². The molecule has 0 spiro atoms. The fraction of sp³-hybridized carbons (Fsp3) is 0.368. The molecule has 0 aromatic heterocycles. The minimum Gasteiger partial charge on any atom is -0.482 e. The molecular formula is C19H23NO7. The van der Waals surface area contributed by atoms with Gasteiger partial charge in [0, 0.05) is 7.11 Å². The van der Waals surface area contributed by atoms with Crippen LogP contribution in [0.3, 0.4) is 0 Å². The lowest BCUT2D eigenvalue weighted by Crippen LogP contribution is -2.38. The molecule has 1 aliphatic heterocycles. The van der Waals surface area contributed by atoms with E-state index in [0.717, 1.165) is 0 Å². The molecule has 146 valence electrons. The van der Waals surface area contributed by atoms with Gasteiger partial charge in [0.2, 0.25) is 11.8 Å². The lowest BCUT2D eigenvalue weighted by Gasteiger charge is -2.36. The predicted octanol–water partition coefficient (Wildman–Crippen LogP) is 1.75. The lowest BCUT2D eigenvalue weighted by molar-refractivity contribution is -0.138. The summed E-state index contributed by atoms with van der Waals surface area (Å²) < 4.78 is 26.1. The molecule has 0 amide bonds. The van der Waals surface area contributed by atoms with Crippen molar-refractivity contribution in [2.75, 3.05) is 42.3 Å². The summed E-state index contributed by atoms with van der Waals surface area (Å²) in [7, 11) is 6.83. The summed E-state index contributed by atoms with van der Waals surface area (Å²) in [6.45, 7) is -0.0190. The van der Waals surface area contributed by atoms with Crippen molar-refractivity contribution < 1.29 is 33.3 Å². The van der Waals surface area contributed by atoms with Crippen LogP contribution in [0.5, 0.6) is 0 Å². The summed E-state index contributed by atoms with van der Waals surface area (Å²) in [5.41, 5.74) is 0.966. The number of nitrogens with zero attached hydrogens (tertiary/aromatic N) is 1. The van der Waals surface area contributed by atoms with Gasteiger partial charge < -0.3 is 23.7 Å². The number of hydrogen-bond acceptors (Lipinski definition) is 8. The molecule has 8 heteroatoms. The first-order valence-electron chi connectivity index (χ1n) is 8.09. The molecule has 1 aromatic rings. The molecule has 0 bridgehead atoms. The summed E-state index contributed by atoms with van der Waals surface area (Å²) in [6, 6.07) is 9.03. The predicted molar refractivity (Wildman–Crippen MR) is 95.0 cm³/mol. The zero-order valence-corrected chi connectivity index (χ0v) is 16.0. The third-order valence-electron chi connectivity index (χ3n) is 4.12. The summed E-state index contributed by atoms with van der Waals surface area (Å²) in [6.07, 6.45) is 0. The topological polar surface area (TPSA) is 83.5 Å². The first-order chi connectivity index (χ1) is 13.0. The number of benzene rings is 1. The quantitative estimate of drug-likeness (QED) is 0.665. The number of carbonyl (C=O) groups excluding carboxylic acids is 2. The Balaban J connectivity index is 2.86. The van der Waals surface area contributed by atoms with Crippen molar-refractivity contribution in [2.45, 2.75) is 5.92 Å². The van der Waals surface area contributed by atoms with E-state index in [4.69, 9.17) is 23.7 Å². The molecule has 0 unspecified atom stereocenters. The second-order valence-electron chi connectivity index (χ2n) is 5.52. The second kappa shape index (κ2) is 9.09. The lowest BCUT2D eigenvalue weighted by atomic mass is 9.82. The monoisotopic (exact) mass is 377 g/mol. The summed E-state index contributed by atoms with van der Waals surface area (Å²) in [4.78, 5) is 26.8. The zero-order valence-electron chi connectivity index (χ0n) is 16.0. The van der Waals surface area contributed by atoms with Gasteiger partial charge in [-0.15, -0.1) is 0 Å². The van der Waals surface area contributed by atoms with Crippen LogP contribution < -0.4 is 0 Å². The third kappa shape index (κ3) is 3.75. The molecule has 27 heavy (non-hydrogen) atoms. The maximum absolute atomic E-state index is 12.7. The van der Waals surface area contributed by atoms with Crippen molar-refractivity contribution in [2.24, 2.45) is 0 Å². The Morgan fingerprint density at radius 2 is 1.33 bits per heavy atom. The molecule has 0 saturated heterocycles. The van der Waals surface area contributed by atoms with E-state index >= 15 is 0 Å². The summed E-state index contributed by atoms with van der Waals surface area (Å²) in [5.74, 6) is -1.75. The number of ether oxygens (including phenoxy) is 5. The van der Waals surface area contributed by atoms with Crippen LogP contribution in [-0.2, 0) is 33.3 Å². The molecule has 1 heterocycles. The van der Waals surface area contributed by atoms with Gasteiger partial charge in [-0.05, 0) is 5.56 Å². The van der Waals surface area contributed by atoms with Gasteiger partial charge in [0.15, 0.2) is 0 Å². The first kappa shape index (κ1) is 20.3. The van der Waals surface area contributed by atoms with Crippen LogP contribution in [0.4, 0.5) is 0 Å². The van der Waals surface area contributed by atoms with Gasteiger partial charge in [0.05, 0.1) is 34.4 Å². The molecule has 0 atom stereocenters. The highest BCUT2D eigenvalue weighted by atomic mass is 16.5. The molecule has 0 saturated carbocycles. The van der Waals surface area contributed by atoms with Crippen LogP contribution in [0.25, 0.3) is 0 Å². The normalized spacial score (nSPS) is 14.9. The fourth-order valence-corrected chi connectivity index (χ4v) is 3.07. The van der Waals surface area contributed by atoms with E-state index in [1.807, 2.05) is 6.07 Å². The minimum atomic E-state index is -0.802. The number of carbonyl (C=O) groups is 2. The van der Waals surface area contributed by atoms with E-state index < -0.39 is 17.9 Å². The van der Waals surface area contributed by atoms with Gasteiger partial charge in [0.1, 0.15) is 17.9 Å².